The van der Waals surface area contributed by atoms with Gasteiger partial charge in [-0.15, -0.1) is 0 Å². The highest BCUT2D eigenvalue weighted by Crippen LogP contribution is 2.03. The van der Waals surface area contributed by atoms with Crippen molar-refractivity contribution in [3.05, 3.63) is 35.4 Å². The summed E-state index contributed by atoms with van der Waals surface area (Å²) in [6, 6.07) is 8.26. The van der Waals surface area contributed by atoms with Gasteiger partial charge in [-0.2, -0.15) is 0 Å². The number of hydrogen-bond acceptors (Lipinski definition) is 0. The highest BCUT2D eigenvalue weighted by molar-refractivity contribution is 5.40. The lowest BCUT2D eigenvalue weighted by Gasteiger charge is -1.94. The molecule has 0 unspecified atom stereocenters. The largest absolute Gasteiger partial charge is 0.0925 e. The summed E-state index contributed by atoms with van der Waals surface area (Å²) < 4.78 is 0. The summed E-state index contributed by atoms with van der Waals surface area (Å²) in [5.41, 5.74) is 2.37. The molecule has 0 atom stereocenters. The minimum atomic E-state index is 1.03. The monoisotopic (exact) mass is 168 g/mol. The molecule has 13 heavy (non-hydrogen) atoms. The SMILES string of the molecule is CC#CC#Cc1ccc(CC)cc1. The molecule has 0 aliphatic heterocycles. The zero-order valence-electron chi connectivity index (χ0n) is 8.02. The van der Waals surface area contributed by atoms with E-state index >= 15 is 0 Å². The standard InChI is InChI=1S/C13H12/c1-3-5-6-7-13-10-8-12(4-2)9-11-13/h8-11H,4H2,1-2H3. The van der Waals surface area contributed by atoms with E-state index in [1.165, 1.54) is 5.56 Å². The van der Waals surface area contributed by atoms with Crippen molar-refractivity contribution in [2.24, 2.45) is 0 Å². The molecule has 0 bridgehead atoms. The van der Waals surface area contributed by atoms with Gasteiger partial charge in [0.1, 0.15) is 0 Å². The van der Waals surface area contributed by atoms with Gasteiger partial charge >= 0.3 is 0 Å². The Morgan fingerprint density at radius 1 is 1.08 bits per heavy atom. The first-order valence-electron chi connectivity index (χ1n) is 4.38. The molecular weight excluding hydrogens is 156 g/mol. The third-order valence-corrected chi connectivity index (χ3v) is 1.76. The molecular formula is C13H12. The molecule has 0 aliphatic rings. The lowest BCUT2D eigenvalue weighted by atomic mass is 10.1. The van der Waals surface area contributed by atoms with Crippen molar-refractivity contribution >= 4 is 0 Å². The van der Waals surface area contributed by atoms with E-state index in [1.807, 2.05) is 12.1 Å². The van der Waals surface area contributed by atoms with Gasteiger partial charge in [0.25, 0.3) is 0 Å². The molecule has 0 fully saturated rings. The maximum Gasteiger partial charge on any atom is 0.0255 e. The van der Waals surface area contributed by atoms with E-state index in [0.29, 0.717) is 0 Å². The van der Waals surface area contributed by atoms with Crippen molar-refractivity contribution in [3.8, 4) is 23.7 Å². The Hall–Kier alpha value is -1.66. The second-order valence-corrected chi connectivity index (χ2v) is 2.68. The van der Waals surface area contributed by atoms with Crippen LogP contribution in [0.4, 0.5) is 0 Å². The number of hydrogen-bond donors (Lipinski definition) is 0. The quantitative estimate of drug-likeness (QED) is 0.565. The Morgan fingerprint density at radius 3 is 2.31 bits per heavy atom. The zero-order chi connectivity index (χ0) is 9.52. The fraction of sp³-hybridized carbons (Fsp3) is 0.231. The van der Waals surface area contributed by atoms with Crippen LogP contribution in [-0.4, -0.2) is 0 Å². The third-order valence-electron chi connectivity index (χ3n) is 1.76. The van der Waals surface area contributed by atoms with E-state index < -0.39 is 0 Å². The topological polar surface area (TPSA) is 0 Å². The minimum absolute atomic E-state index is 1.03. The molecule has 0 spiro atoms. The molecule has 0 heterocycles. The average Bonchev–Trinajstić information content (AvgIpc) is 2.19. The molecule has 1 rings (SSSR count). The predicted octanol–water partition coefficient (Wildman–Crippen LogP) is 2.62. The smallest absolute Gasteiger partial charge is 0.0255 e. The fourth-order valence-electron chi connectivity index (χ4n) is 0.990. The van der Waals surface area contributed by atoms with Crippen molar-refractivity contribution in [3.63, 3.8) is 0 Å². The molecule has 1 aromatic rings. The molecule has 0 heteroatoms. The van der Waals surface area contributed by atoms with Crippen LogP contribution in [-0.2, 0) is 6.42 Å². The molecule has 0 nitrogen and oxygen atoms in total. The molecule has 0 saturated carbocycles. The summed E-state index contributed by atoms with van der Waals surface area (Å²) in [5, 5.41) is 0. The highest BCUT2D eigenvalue weighted by Gasteiger charge is 1.87. The predicted molar refractivity (Wildman–Crippen MR) is 56.1 cm³/mol. The fourth-order valence-corrected chi connectivity index (χ4v) is 0.990. The van der Waals surface area contributed by atoms with Gasteiger partial charge in [0, 0.05) is 5.56 Å². The maximum atomic E-state index is 2.97. The van der Waals surface area contributed by atoms with Crippen LogP contribution in [0.3, 0.4) is 0 Å². The van der Waals surface area contributed by atoms with E-state index in [0.717, 1.165) is 12.0 Å². The van der Waals surface area contributed by atoms with Crippen molar-refractivity contribution in [2.75, 3.05) is 0 Å². The molecule has 0 aliphatic carbocycles. The third kappa shape index (κ3) is 3.06. The van der Waals surface area contributed by atoms with E-state index in [1.54, 1.807) is 6.92 Å². The van der Waals surface area contributed by atoms with Gasteiger partial charge in [-0.25, -0.2) is 0 Å². The van der Waals surface area contributed by atoms with Crippen LogP contribution in [0.15, 0.2) is 24.3 Å². The van der Waals surface area contributed by atoms with Crippen LogP contribution in [0.5, 0.6) is 0 Å². The average molecular weight is 168 g/mol. The minimum Gasteiger partial charge on any atom is -0.0925 e. The van der Waals surface area contributed by atoms with Crippen LogP contribution in [0.2, 0.25) is 0 Å². The molecule has 0 amide bonds. The van der Waals surface area contributed by atoms with Gasteiger partial charge in [0.05, 0.1) is 0 Å². The van der Waals surface area contributed by atoms with Gasteiger partial charge in [-0.1, -0.05) is 30.9 Å². The second kappa shape index (κ2) is 5.07. The Balaban J connectivity index is 2.80. The van der Waals surface area contributed by atoms with Gasteiger partial charge in [0.2, 0.25) is 0 Å². The van der Waals surface area contributed by atoms with Gasteiger partial charge in [-0.05, 0) is 42.9 Å². The molecule has 64 valence electrons. The van der Waals surface area contributed by atoms with Crippen molar-refractivity contribution in [2.45, 2.75) is 20.3 Å². The first-order valence-corrected chi connectivity index (χ1v) is 4.38. The second-order valence-electron chi connectivity index (χ2n) is 2.68. The van der Waals surface area contributed by atoms with Gasteiger partial charge in [-0.3, -0.25) is 0 Å². The number of benzene rings is 1. The van der Waals surface area contributed by atoms with Crippen LogP contribution in [0, 0.1) is 23.7 Å². The van der Waals surface area contributed by atoms with Crippen LogP contribution < -0.4 is 0 Å². The summed E-state index contributed by atoms with van der Waals surface area (Å²) in [5.74, 6) is 11.2. The molecule has 0 aromatic heterocycles. The Morgan fingerprint density at radius 2 is 1.77 bits per heavy atom. The molecule has 0 N–H and O–H groups in total. The summed E-state index contributed by atoms with van der Waals surface area (Å²) in [6.45, 7) is 3.93. The van der Waals surface area contributed by atoms with Crippen molar-refractivity contribution < 1.29 is 0 Å². The van der Waals surface area contributed by atoms with Crippen molar-refractivity contribution in [1.29, 1.82) is 0 Å². The first kappa shape index (κ1) is 9.43. The van der Waals surface area contributed by atoms with Crippen LogP contribution >= 0.6 is 0 Å². The van der Waals surface area contributed by atoms with E-state index in [9.17, 15) is 0 Å². The van der Waals surface area contributed by atoms with Crippen LogP contribution in [0.25, 0.3) is 0 Å². The maximum absolute atomic E-state index is 2.97. The van der Waals surface area contributed by atoms with E-state index in [2.05, 4.69) is 42.7 Å². The van der Waals surface area contributed by atoms with Gasteiger partial charge < -0.3 is 0 Å². The zero-order valence-corrected chi connectivity index (χ0v) is 8.02. The van der Waals surface area contributed by atoms with E-state index in [-0.39, 0.29) is 0 Å². The lowest BCUT2D eigenvalue weighted by Crippen LogP contribution is -1.79. The Kier molecular flexibility index (Phi) is 3.68. The molecule has 0 saturated heterocycles. The van der Waals surface area contributed by atoms with E-state index in [4.69, 9.17) is 0 Å². The summed E-state index contributed by atoms with van der Waals surface area (Å²) in [7, 11) is 0. The normalized spacial score (nSPS) is 7.85. The Bertz CT molecular complexity index is 374. The number of rotatable bonds is 1. The molecule has 0 radical (unpaired) electrons. The molecule has 1 aromatic carbocycles. The summed E-state index contributed by atoms with van der Waals surface area (Å²) in [6.07, 6.45) is 1.07. The van der Waals surface area contributed by atoms with Gasteiger partial charge in [0.15, 0.2) is 0 Å². The highest BCUT2D eigenvalue weighted by atomic mass is 13.9. The lowest BCUT2D eigenvalue weighted by molar-refractivity contribution is 1.14. The van der Waals surface area contributed by atoms with Crippen LogP contribution in [0.1, 0.15) is 25.0 Å². The van der Waals surface area contributed by atoms with Crippen molar-refractivity contribution in [1.82, 2.24) is 0 Å². The first-order chi connectivity index (χ1) is 6.36. The summed E-state index contributed by atoms with van der Waals surface area (Å²) >= 11 is 0. The summed E-state index contributed by atoms with van der Waals surface area (Å²) in [4.78, 5) is 0. The Labute approximate surface area is 80.0 Å². The number of aryl methyl sites for hydroxylation is 1.